The van der Waals surface area contributed by atoms with E-state index in [4.69, 9.17) is 10.5 Å². The SMILES string of the molecule is NC1=NC(CN(Cc2ccccc2)c2ccc(F)cc2)CO1. The summed E-state index contributed by atoms with van der Waals surface area (Å²) in [5, 5.41) is 0. The van der Waals surface area contributed by atoms with Crippen LogP contribution in [0.2, 0.25) is 0 Å². The molecular weight excluding hydrogens is 281 g/mol. The molecule has 1 unspecified atom stereocenters. The van der Waals surface area contributed by atoms with E-state index in [1.54, 1.807) is 12.1 Å². The van der Waals surface area contributed by atoms with E-state index >= 15 is 0 Å². The van der Waals surface area contributed by atoms with Gasteiger partial charge in [-0.3, -0.25) is 0 Å². The van der Waals surface area contributed by atoms with Gasteiger partial charge in [-0.25, -0.2) is 9.38 Å². The fourth-order valence-electron chi connectivity index (χ4n) is 2.50. The molecule has 0 saturated carbocycles. The first-order chi connectivity index (χ1) is 10.7. The van der Waals surface area contributed by atoms with Gasteiger partial charge in [-0.1, -0.05) is 30.3 Å². The largest absolute Gasteiger partial charge is 0.463 e. The number of ether oxygens (including phenoxy) is 1. The fraction of sp³-hybridized carbons (Fsp3) is 0.235. The quantitative estimate of drug-likeness (QED) is 0.923. The molecule has 3 rings (SSSR count). The Labute approximate surface area is 129 Å². The average molecular weight is 299 g/mol. The summed E-state index contributed by atoms with van der Waals surface area (Å²) < 4.78 is 18.4. The Morgan fingerprint density at radius 1 is 1.14 bits per heavy atom. The second-order valence-corrected chi connectivity index (χ2v) is 5.27. The molecule has 1 atom stereocenters. The van der Waals surface area contributed by atoms with Crippen molar-refractivity contribution in [3.63, 3.8) is 0 Å². The fourth-order valence-corrected chi connectivity index (χ4v) is 2.50. The number of hydrogen-bond acceptors (Lipinski definition) is 4. The second kappa shape index (κ2) is 6.47. The molecule has 2 N–H and O–H groups in total. The number of nitrogens with zero attached hydrogens (tertiary/aromatic N) is 2. The van der Waals surface area contributed by atoms with Crippen LogP contribution < -0.4 is 10.6 Å². The van der Waals surface area contributed by atoms with Gasteiger partial charge < -0.3 is 15.4 Å². The number of anilines is 1. The maximum atomic E-state index is 13.2. The van der Waals surface area contributed by atoms with Crippen molar-refractivity contribution in [2.24, 2.45) is 10.7 Å². The minimum atomic E-state index is -0.241. The first-order valence-corrected chi connectivity index (χ1v) is 7.21. The van der Waals surface area contributed by atoms with Crippen molar-refractivity contribution in [1.29, 1.82) is 0 Å². The third kappa shape index (κ3) is 3.55. The van der Waals surface area contributed by atoms with Crippen LogP contribution in [0.1, 0.15) is 5.56 Å². The highest BCUT2D eigenvalue weighted by atomic mass is 19.1. The van der Waals surface area contributed by atoms with Gasteiger partial charge in [-0.15, -0.1) is 0 Å². The average Bonchev–Trinajstić information content (AvgIpc) is 2.94. The van der Waals surface area contributed by atoms with Crippen LogP contribution >= 0.6 is 0 Å². The van der Waals surface area contributed by atoms with Gasteiger partial charge in [0, 0.05) is 18.8 Å². The maximum absolute atomic E-state index is 13.2. The first-order valence-electron chi connectivity index (χ1n) is 7.21. The lowest BCUT2D eigenvalue weighted by Gasteiger charge is -2.26. The molecule has 1 heterocycles. The lowest BCUT2D eigenvalue weighted by atomic mass is 10.1. The molecule has 0 bridgehead atoms. The van der Waals surface area contributed by atoms with E-state index in [1.807, 2.05) is 18.2 Å². The van der Waals surface area contributed by atoms with Crippen molar-refractivity contribution in [2.45, 2.75) is 12.6 Å². The zero-order chi connectivity index (χ0) is 15.4. The molecule has 0 aliphatic carbocycles. The number of rotatable bonds is 5. The minimum Gasteiger partial charge on any atom is -0.463 e. The van der Waals surface area contributed by atoms with E-state index < -0.39 is 0 Å². The zero-order valence-electron chi connectivity index (χ0n) is 12.2. The van der Waals surface area contributed by atoms with Crippen LogP contribution in [0.15, 0.2) is 59.6 Å². The molecule has 2 aromatic carbocycles. The van der Waals surface area contributed by atoms with Gasteiger partial charge in [-0.05, 0) is 29.8 Å². The summed E-state index contributed by atoms with van der Waals surface area (Å²) in [6, 6.07) is 16.9. The lowest BCUT2D eigenvalue weighted by Crippen LogP contribution is -2.32. The standard InChI is InChI=1S/C17H18FN3O/c18-14-6-8-16(9-7-14)21(10-13-4-2-1-3-5-13)11-15-12-22-17(19)20-15/h1-9,15H,10-12H2,(H2,19,20). The molecule has 0 saturated heterocycles. The number of aliphatic imine (C=N–C) groups is 1. The van der Waals surface area contributed by atoms with Crippen molar-refractivity contribution in [3.8, 4) is 0 Å². The maximum Gasteiger partial charge on any atom is 0.282 e. The van der Waals surface area contributed by atoms with Gasteiger partial charge in [0.25, 0.3) is 6.02 Å². The van der Waals surface area contributed by atoms with Crippen molar-refractivity contribution in [1.82, 2.24) is 0 Å². The van der Waals surface area contributed by atoms with Crippen LogP contribution in [0.4, 0.5) is 10.1 Å². The molecule has 0 aromatic heterocycles. The van der Waals surface area contributed by atoms with E-state index in [1.165, 1.54) is 17.7 Å². The van der Waals surface area contributed by atoms with Gasteiger partial charge in [0.15, 0.2) is 0 Å². The van der Waals surface area contributed by atoms with Crippen LogP contribution in [0.3, 0.4) is 0 Å². The molecule has 0 spiro atoms. The number of nitrogens with two attached hydrogens (primary N) is 1. The molecule has 2 aromatic rings. The summed E-state index contributed by atoms with van der Waals surface area (Å²) in [5.41, 5.74) is 7.70. The summed E-state index contributed by atoms with van der Waals surface area (Å²) in [6.07, 6.45) is 0. The summed E-state index contributed by atoms with van der Waals surface area (Å²) in [5.74, 6) is -0.241. The van der Waals surface area contributed by atoms with E-state index in [0.717, 1.165) is 12.2 Å². The lowest BCUT2D eigenvalue weighted by molar-refractivity contribution is 0.313. The van der Waals surface area contributed by atoms with Gasteiger partial charge >= 0.3 is 0 Å². The van der Waals surface area contributed by atoms with E-state index in [2.05, 4.69) is 22.0 Å². The van der Waals surface area contributed by atoms with E-state index in [0.29, 0.717) is 13.2 Å². The highest BCUT2D eigenvalue weighted by Crippen LogP contribution is 2.19. The molecule has 114 valence electrons. The third-order valence-electron chi connectivity index (χ3n) is 3.57. The van der Waals surface area contributed by atoms with Crippen LogP contribution in [0.25, 0.3) is 0 Å². The van der Waals surface area contributed by atoms with Crippen molar-refractivity contribution < 1.29 is 9.13 Å². The number of benzene rings is 2. The second-order valence-electron chi connectivity index (χ2n) is 5.27. The Bertz CT molecular complexity index is 643. The Kier molecular flexibility index (Phi) is 4.23. The number of hydrogen-bond donors (Lipinski definition) is 1. The molecule has 4 nitrogen and oxygen atoms in total. The van der Waals surface area contributed by atoms with Crippen LogP contribution in [0.5, 0.6) is 0 Å². The predicted octanol–water partition coefficient (Wildman–Crippen LogP) is 2.55. The molecule has 0 amide bonds. The smallest absolute Gasteiger partial charge is 0.282 e. The van der Waals surface area contributed by atoms with Crippen LogP contribution in [-0.4, -0.2) is 25.2 Å². The van der Waals surface area contributed by atoms with Crippen molar-refractivity contribution >= 4 is 11.7 Å². The summed E-state index contributed by atoms with van der Waals surface area (Å²) in [4.78, 5) is 6.43. The van der Waals surface area contributed by atoms with Crippen molar-refractivity contribution in [2.75, 3.05) is 18.1 Å². The number of amidine groups is 1. The predicted molar refractivity (Wildman–Crippen MR) is 85.3 cm³/mol. The summed E-state index contributed by atoms with van der Waals surface area (Å²) >= 11 is 0. The van der Waals surface area contributed by atoms with Gasteiger partial charge in [-0.2, -0.15) is 0 Å². The van der Waals surface area contributed by atoms with Gasteiger partial charge in [0.05, 0.1) is 0 Å². The Morgan fingerprint density at radius 3 is 2.50 bits per heavy atom. The number of halogens is 1. The zero-order valence-corrected chi connectivity index (χ0v) is 12.2. The van der Waals surface area contributed by atoms with E-state index in [9.17, 15) is 4.39 Å². The monoisotopic (exact) mass is 299 g/mol. The Morgan fingerprint density at radius 2 is 1.86 bits per heavy atom. The molecule has 0 radical (unpaired) electrons. The normalized spacial score (nSPS) is 17.0. The third-order valence-corrected chi connectivity index (χ3v) is 3.57. The molecular formula is C17H18FN3O. The van der Waals surface area contributed by atoms with E-state index in [-0.39, 0.29) is 17.9 Å². The van der Waals surface area contributed by atoms with Crippen molar-refractivity contribution in [3.05, 3.63) is 66.0 Å². The Balaban J connectivity index is 1.80. The molecule has 0 fully saturated rings. The summed E-state index contributed by atoms with van der Waals surface area (Å²) in [7, 11) is 0. The molecule has 1 aliphatic rings. The summed E-state index contributed by atoms with van der Waals surface area (Å²) in [6.45, 7) is 1.87. The highest BCUT2D eigenvalue weighted by molar-refractivity contribution is 5.73. The first kappa shape index (κ1) is 14.4. The highest BCUT2D eigenvalue weighted by Gasteiger charge is 2.20. The minimum absolute atomic E-state index is 0.00577. The van der Waals surface area contributed by atoms with Gasteiger partial charge in [0.2, 0.25) is 0 Å². The Hall–Kier alpha value is -2.56. The van der Waals surface area contributed by atoms with Crippen LogP contribution in [-0.2, 0) is 11.3 Å². The van der Waals surface area contributed by atoms with Gasteiger partial charge in [0.1, 0.15) is 18.5 Å². The molecule has 5 heteroatoms. The molecule has 1 aliphatic heterocycles. The molecule has 22 heavy (non-hydrogen) atoms. The van der Waals surface area contributed by atoms with Crippen LogP contribution in [0, 0.1) is 5.82 Å². The topological polar surface area (TPSA) is 50.8 Å².